The molecule has 0 radical (unpaired) electrons. The molecule has 0 aromatic heterocycles. The topological polar surface area (TPSA) is 46.2 Å². The smallest absolute Gasteiger partial charge is 0.336 e. The summed E-state index contributed by atoms with van der Waals surface area (Å²) in [4.78, 5) is 0. The Hall–Kier alpha value is 0.0169. The molecule has 0 saturated carbocycles. The van der Waals surface area contributed by atoms with Gasteiger partial charge in [0.05, 0.1) is 0 Å². The Kier molecular flexibility index (Phi) is 9.10. The maximum absolute atomic E-state index is 5.54. The quantitative estimate of drug-likeness (QED) is 0.416. The van der Waals surface area contributed by atoms with E-state index in [1.54, 1.807) is 0 Å². The van der Waals surface area contributed by atoms with Gasteiger partial charge in [-0.25, -0.2) is 0 Å². The van der Waals surface area contributed by atoms with Crippen LogP contribution in [0.3, 0.4) is 0 Å². The van der Waals surface area contributed by atoms with Gasteiger partial charge in [0.25, 0.3) is 0 Å². The number of hydrogen-bond acceptors (Lipinski definition) is 5. The van der Waals surface area contributed by atoms with E-state index in [1.807, 2.05) is 27.7 Å². The van der Waals surface area contributed by atoms with E-state index < -0.39 is 12.3 Å². The second kappa shape index (κ2) is 9.09. The van der Waals surface area contributed by atoms with Gasteiger partial charge in [0.2, 0.25) is 6.29 Å². The van der Waals surface area contributed by atoms with E-state index in [4.69, 9.17) is 23.4 Å². The molecule has 0 aliphatic carbocycles. The van der Waals surface area contributed by atoms with Crippen LogP contribution >= 0.6 is 0 Å². The summed E-state index contributed by atoms with van der Waals surface area (Å²) < 4.78 is 27.4. The van der Waals surface area contributed by atoms with Crippen LogP contribution in [0.4, 0.5) is 0 Å². The van der Waals surface area contributed by atoms with Crippen LogP contribution in [-0.2, 0) is 23.4 Å². The highest BCUT2D eigenvalue weighted by atomic mass is 28.2. The Balaban J connectivity index is 4.78. The lowest BCUT2D eigenvalue weighted by atomic mass is 10.5. The van der Waals surface area contributed by atoms with E-state index in [0.29, 0.717) is 36.9 Å². The Morgan fingerprint density at radius 1 is 0.875 bits per heavy atom. The molecule has 0 aromatic rings. The molecule has 98 valence electrons. The maximum atomic E-state index is 5.54. The first-order valence-corrected chi connectivity index (χ1v) is 6.58. The molecule has 0 aliphatic rings. The van der Waals surface area contributed by atoms with E-state index >= 15 is 0 Å². The van der Waals surface area contributed by atoms with Crippen LogP contribution in [0.2, 0.25) is 0 Å². The molecular formula is C10H24O5Si. The summed E-state index contributed by atoms with van der Waals surface area (Å²) in [6.07, 6.45) is -0.635. The largest absolute Gasteiger partial charge is 0.398 e. The van der Waals surface area contributed by atoms with Crippen molar-refractivity contribution in [2.45, 2.75) is 40.0 Å². The standard InChI is InChI=1S/C10H24O5Si/c1-5-11-9(15-16)10(12-6-2,13-7-3)14-8-4/h9H,5-8H2,1-4,16H3. The van der Waals surface area contributed by atoms with Gasteiger partial charge in [0.1, 0.15) is 10.5 Å². The SMILES string of the molecule is CCOC(O[SiH3])C(OCC)(OCC)OCC. The lowest BCUT2D eigenvalue weighted by molar-refractivity contribution is -0.442. The summed E-state index contributed by atoms with van der Waals surface area (Å²) in [5.41, 5.74) is 0. The van der Waals surface area contributed by atoms with Gasteiger partial charge >= 0.3 is 5.97 Å². The van der Waals surface area contributed by atoms with E-state index in [2.05, 4.69) is 0 Å². The van der Waals surface area contributed by atoms with Gasteiger partial charge < -0.3 is 23.4 Å². The van der Waals surface area contributed by atoms with E-state index in [0.717, 1.165) is 0 Å². The minimum atomic E-state index is -1.24. The molecule has 0 saturated heterocycles. The van der Waals surface area contributed by atoms with Gasteiger partial charge in [-0.3, -0.25) is 0 Å². The van der Waals surface area contributed by atoms with E-state index in [1.165, 1.54) is 0 Å². The van der Waals surface area contributed by atoms with Crippen LogP contribution in [-0.4, -0.2) is 49.2 Å². The second-order valence-electron chi connectivity index (χ2n) is 2.93. The highest BCUT2D eigenvalue weighted by Crippen LogP contribution is 2.23. The molecule has 0 fully saturated rings. The second-order valence-corrected chi connectivity index (χ2v) is 3.40. The zero-order valence-corrected chi connectivity index (χ0v) is 12.9. The highest BCUT2D eigenvalue weighted by molar-refractivity contribution is 5.98. The molecule has 0 amide bonds. The van der Waals surface area contributed by atoms with Crippen LogP contribution in [0.25, 0.3) is 0 Å². The molecule has 0 N–H and O–H groups in total. The van der Waals surface area contributed by atoms with Gasteiger partial charge in [-0.1, -0.05) is 0 Å². The van der Waals surface area contributed by atoms with E-state index in [9.17, 15) is 0 Å². The number of rotatable bonds is 10. The number of hydrogen-bond donors (Lipinski definition) is 0. The fourth-order valence-electron chi connectivity index (χ4n) is 1.40. The van der Waals surface area contributed by atoms with Gasteiger partial charge in [0, 0.05) is 26.4 Å². The highest BCUT2D eigenvalue weighted by Gasteiger charge is 2.43. The lowest BCUT2D eigenvalue weighted by Gasteiger charge is -2.37. The molecular weight excluding hydrogens is 228 g/mol. The molecule has 1 unspecified atom stereocenters. The maximum Gasteiger partial charge on any atom is 0.336 e. The predicted octanol–water partition coefficient (Wildman–Crippen LogP) is 0.409. The summed E-state index contributed by atoms with van der Waals surface area (Å²) in [7, 11) is 0.524. The van der Waals surface area contributed by atoms with Crippen molar-refractivity contribution in [2.24, 2.45) is 0 Å². The molecule has 0 rings (SSSR count). The predicted molar refractivity (Wildman–Crippen MR) is 64.0 cm³/mol. The van der Waals surface area contributed by atoms with Crippen LogP contribution in [0.1, 0.15) is 27.7 Å². The minimum absolute atomic E-state index is 0.467. The monoisotopic (exact) mass is 252 g/mol. The molecule has 1 atom stereocenters. The van der Waals surface area contributed by atoms with Crippen molar-refractivity contribution in [1.29, 1.82) is 0 Å². The summed E-state index contributed by atoms with van der Waals surface area (Å²) >= 11 is 0. The Labute approximate surface area is 101 Å². The fourth-order valence-corrected chi connectivity index (χ4v) is 1.82. The van der Waals surface area contributed by atoms with Crippen molar-refractivity contribution in [3.05, 3.63) is 0 Å². The molecule has 5 nitrogen and oxygen atoms in total. The molecule has 0 spiro atoms. The first-order chi connectivity index (χ1) is 7.70. The minimum Gasteiger partial charge on any atom is -0.398 e. The van der Waals surface area contributed by atoms with E-state index in [-0.39, 0.29) is 0 Å². The average Bonchev–Trinajstić information content (AvgIpc) is 2.26. The van der Waals surface area contributed by atoms with Gasteiger partial charge in [0.15, 0.2) is 0 Å². The molecule has 0 aromatic carbocycles. The third-order valence-corrected chi connectivity index (χ3v) is 2.29. The lowest BCUT2D eigenvalue weighted by Crippen LogP contribution is -2.52. The van der Waals surface area contributed by atoms with Crippen LogP contribution in [0.5, 0.6) is 0 Å². The zero-order valence-electron chi connectivity index (χ0n) is 10.9. The summed E-state index contributed by atoms with van der Waals surface area (Å²) in [5, 5.41) is 0. The van der Waals surface area contributed by atoms with Crippen molar-refractivity contribution in [3.63, 3.8) is 0 Å². The first kappa shape index (κ1) is 16.0. The van der Waals surface area contributed by atoms with Gasteiger partial charge in [-0.05, 0) is 27.7 Å². The molecule has 6 heteroatoms. The van der Waals surface area contributed by atoms with Crippen molar-refractivity contribution in [3.8, 4) is 0 Å². The molecule has 16 heavy (non-hydrogen) atoms. The summed E-state index contributed by atoms with van der Waals surface area (Å²) in [5.74, 6) is -1.24. The van der Waals surface area contributed by atoms with Crippen molar-refractivity contribution in [1.82, 2.24) is 0 Å². The number of ether oxygens (including phenoxy) is 4. The zero-order chi connectivity index (χ0) is 12.4. The van der Waals surface area contributed by atoms with Crippen molar-refractivity contribution >= 4 is 10.5 Å². The Morgan fingerprint density at radius 3 is 1.56 bits per heavy atom. The molecule has 0 aliphatic heterocycles. The van der Waals surface area contributed by atoms with Crippen molar-refractivity contribution < 1.29 is 23.4 Å². The van der Waals surface area contributed by atoms with Crippen LogP contribution in [0, 0.1) is 0 Å². The normalized spacial score (nSPS) is 14.2. The fraction of sp³-hybridized carbons (Fsp3) is 1.00. The van der Waals surface area contributed by atoms with Crippen molar-refractivity contribution in [2.75, 3.05) is 26.4 Å². The van der Waals surface area contributed by atoms with Gasteiger partial charge in [-0.2, -0.15) is 0 Å². The average molecular weight is 252 g/mol. The Bertz CT molecular complexity index is 150. The summed E-state index contributed by atoms with van der Waals surface area (Å²) in [6, 6.07) is 0. The third kappa shape index (κ3) is 4.48. The van der Waals surface area contributed by atoms with Crippen LogP contribution in [0.15, 0.2) is 0 Å². The third-order valence-electron chi connectivity index (χ3n) is 1.86. The molecule has 0 bridgehead atoms. The first-order valence-electron chi connectivity index (χ1n) is 5.76. The van der Waals surface area contributed by atoms with Crippen LogP contribution < -0.4 is 0 Å². The summed E-state index contributed by atoms with van der Waals surface area (Å²) in [6.45, 7) is 9.44. The molecule has 0 heterocycles. The van der Waals surface area contributed by atoms with Gasteiger partial charge in [-0.15, -0.1) is 0 Å². The Morgan fingerprint density at radius 2 is 1.31 bits per heavy atom.